The fourth-order valence-corrected chi connectivity index (χ4v) is 2.32. The van der Waals surface area contributed by atoms with E-state index in [1.165, 1.54) is 5.56 Å². The average molecular weight is 351 g/mol. The van der Waals surface area contributed by atoms with Crippen LogP contribution in [0.3, 0.4) is 0 Å². The van der Waals surface area contributed by atoms with Gasteiger partial charge in [-0.2, -0.15) is 0 Å². The second kappa shape index (κ2) is 15.7. The van der Waals surface area contributed by atoms with Crippen LogP contribution in [0.2, 0.25) is 0 Å². The van der Waals surface area contributed by atoms with Gasteiger partial charge in [0.25, 0.3) is 0 Å². The first kappa shape index (κ1) is 25.4. The van der Waals surface area contributed by atoms with E-state index >= 15 is 0 Å². The molecule has 0 unspecified atom stereocenters. The van der Waals surface area contributed by atoms with E-state index in [4.69, 9.17) is 0 Å². The predicted molar refractivity (Wildman–Crippen MR) is 109 cm³/mol. The van der Waals surface area contributed by atoms with E-state index in [1.807, 2.05) is 66.9 Å². The molecule has 0 radical (unpaired) electrons. The molecule has 1 aromatic rings. The monoisotopic (exact) mass is 350 g/mol. The number of aryl methyl sites for hydroxylation is 1. The zero-order chi connectivity index (χ0) is 19.8. The molecular weight excluding hydrogens is 312 g/mol. The van der Waals surface area contributed by atoms with E-state index in [9.17, 15) is 9.59 Å². The number of carbonyl (C=O) groups excluding carboxylic acids is 2. The van der Waals surface area contributed by atoms with E-state index < -0.39 is 0 Å². The lowest BCUT2D eigenvalue weighted by Crippen LogP contribution is -2.30. The summed E-state index contributed by atoms with van der Waals surface area (Å²) in [5.41, 5.74) is 2.34. The second-order valence-electron chi connectivity index (χ2n) is 5.25. The Balaban J connectivity index is 0. The number of carbonyl (C=O) groups is 2. The molecule has 0 saturated heterocycles. The van der Waals surface area contributed by atoms with Gasteiger partial charge in [-0.15, -0.1) is 0 Å². The Morgan fingerprint density at radius 3 is 2.16 bits per heavy atom. The first-order valence-electron chi connectivity index (χ1n) is 9.59. The molecule has 2 amide bonds. The van der Waals surface area contributed by atoms with Crippen LogP contribution in [0.1, 0.15) is 66.4 Å². The standard InChI is InChI=1S/C10H11NO.C7H15NO.2C2H6/c1-11-9-5-3-2-4-8(9)6-7-10(11)12;1-4-6-8(3)7(9)5-2;2*1-2/h2-5H,6-7H2,1H3;4-6H2,1-3H3;2*1-2H3. The molecule has 0 aromatic heterocycles. The van der Waals surface area contributed by atoms with Crippen LogP contribution in [-0.2, 0) is 16.0 Å². The maximum Gasteiger partial charge on any atom is 0.227 e. The smallest absolute Gasteiger partial charge is 0.227 e. The van der Waals surface area contributed by atoms with E-state index in [0.717, 1.165) is 25.1 Å². The van der Waals surface area contributed by atoms with Gasteiger partial charge < -0.3 is 9.80 Å². The van der Waals surface area contributed by atoms with Crippen molar-refractivity contribution in [2.75, 3.05) is 25.5 Å². The van der Waals surface area contributed by atoms with Crippen molar-refractivity contribution in [1.82, 2.24) is 4.90 Å². The highest BCUT2D eigenvalue weighted by Gasteiger charge is 2.19. The number of hydrogen-bond acceptors (Lipinski definition) is 2. The highest BCUT2D eigenvalue weighted by molar-refractivity contribution is 5.95. The Hall–Kier alpha value is -1.84. The Morgan fingerprint density at radius 1 is 1.08 bits per heavy atom. The summed E-state index contributed by atoms with van der Waals surface area (Å²) in [4.78, 5) is 25.6. The molecule has 25 heavy (non-hydrogen) atoms. The molecule has 0 bridgehead atoms. The lowest BCUT2D eigenvalue weighted by molar-refractivity contribution is -0.129. The van der Waals surface area contributed by atoms with Crippen LogP contribution in [-0.4, -0.2) is 37.4 Å². The molecule has 0 saturated carbocycles. The summed E-state index contributed by atoms with van der Waals surface area (Å²) in [5, 5.41) is 0. The maximum absolute atomic E-state index is 11.3. The third-order valence-corrected chi connectivity index (χ3v) is 3.62. The molecular formula is C21H38N2O2. The van der Waals surface area contributed by atoms with Crippen molar-refractivity contribution in [2.24, 2.45) is 0 Å². The lowest BCUT2D eigenvalue weighted by Gasteiger charge is -2.25. The summed E-state index contributed by atoms with van der Waals surface area (Å²) >= 11 is 0. The first-order valence-corrected chi connectivity index (χ1v) is 9.59. The van der Waals surface area contributed by atoms with Crippen molar-refractivity contribution in [2.45, 2.75) is 67.2 Å². The molecule has 1 heterocycles. The van der Waals surface area contributed by atoms with Gasteiger partial charge in [-0.1, -0.05) is 59.7 Å². The first-order chi connectivity index (χ1) is 12.0. The summed E-state index contributed by atoms with van der Waals surface area (Å²) in [6.45, 7) is 12.8. The summed E-state index contributed by atoms with van der Waals surface area (Å²) in [5.74, 6) is 0.450. The largest absolute Gasteiger partial charge is 0.346 e. The number of para-hydroxylation sites is 1. The van der Waals surface area contributed by atoms with Gasteiger partial charge in [0.1, 0.15) is 0 Å². The number of nitrogens with zero attached hydrogens (tertiary/aromatic N) is 2. The van der Waals surface area contributed by atoms with Gasteiger partial charge in [-0.25, -0.2) is 0 Å². The quantitative estimate of drug-likeness (QED) is 0.777. The van der Waals surface area contributed by atoms with Crippen molar-refractivity contribution in [3.05, 3.63) is 29.8 Å². The fraction of sp³-hybridized carbons (Fsp3) is 0.619. The van der Waals surface area contributed by atoms with Crippen molar-refractivity contribution in [3.8, 4) is 0 Å². The van der Waals surface area contributed by atoms with Crippen molar-refractivity contribution in [3.63, 3.8) is 0 Å². The fourth-order valence-electron chi connectivity index (χ4n) is 2.32. The Labute approximate surface area is 155 Å². The molecule has 1 aromatic carbocycles. The number of amides is 2. The van der Waals surface area contributed by atoms with Crippen LogP contribution in [0.25, 0.3) is 0 Å². The van der Waals surface area contributed by atoms with Crippen LogP contribution < -0.4 is 4.90 Å². The van der Waals surface area contributed by atoms with Gasteiger partial charge in [0, 0.05) is 39.2 Å². The van der Waals surface area contributed by atoms with Crippen molar-refractivity contribution >= 4 is 17.5 Å². The summed E-state index contributed by atoms with van der Waals surface area (Å²) < 4.78 is 0. The lowest BCUT2D eigenvalue weighted by atomic mass is 10.0. The Morgan fingerprint density at radius 2 is 1.64 bits per heavy atom. The normalized spacial score (nSPS) is 11.5. The van der Waals surface area contributed by atoms with Crippen LogP contribution in [0, 0.1) is 0 Å². The van der Waals surface area contributed by atoms with Gasteiger partial charge in [0.2, 0.25) is 11.8 Å². The number of anilines is 1. The van der Waals surface area contributed by atoms with E-state index in [2.05, 4.69) is 13.0 Å². The molecule has 0 N–H and O–H groups in total. The predicted octanol–water partition coefficient (Wildman–Crippen LogP) is 4.91. The molecule has 0 spiro atoms. The average Bonchev–Trinajstić information content (AvgIpc) is 2.68. The van der Waals surface area contributed by atoms with Gasteiger partial charge in [0.05, 0.1) is 0 Å². The minimum Gasteiger partial charge on any atom is -0.346 e. The van der Waals surface area contributed by atoms with Gasteiger partial charge in [0.15, 0.2) is 0 Å². The van der Waals surface area contributed by atoms with Crippen molar-refractivity contribution < 1.29 is 9.59 Å². The van der Waals surface area contributed by atoms with E-state index in [0.29, 0.717) is 12.8 Å². The third-order valence-electron chi connectivity index (χ3n) is 3.62. The highest BCUT2D eigenvalue weighted by Crippen LogP contribution is 2.25. The second-order valence-corrected chi connectivity index (χ2v) is 5.25. The summed E-state index contributed by atoms with van der Waals surface area (Å²) in [6.07, 6.45) is 3.20. The number of benzene rings is 1. The molecule has 144 valence electrons. The minimum absolute atomic E-state index is 0.216. The topological polar surface area (TPSA) is 40.6 Å². The molecule has 4 nitrogen and oxygen atoms in total. The van der Waals surface area contributed by atoms with Crippen molar-refractivity contribution in [1.29, 1.82) is 0 Å². The zero-order valence-corrected chi connectivity index (χ0v) is 17.6. The third kappa shape index (κ3) is 9.28. The van der Waals surface area contributed by atoms with Gasteiger partial charge >= 0.3 is 0 Å². The maximum atomic E-state index is 11.3. The Kier molecular flexibility index (Phi) is 15.9. The van der Waals surface area contributed by atoms with Gasteiger partial charge in [-0.3, -0.25) is 9.59 Å². The molecule has 0 fully saturated rings. The van der Waals surface area contributed by atoms with Crippen LogP contribution in [0.15, 0.2) is 24.3 Å². The number of hydrogen-bond donors (Lipinski definition) is 0. The zero-order valence-electron chi connectivity index (χ0n) is 17.6. The number of rotatable bonds is 3. The minimum atomic E-state index is 0.216. The molecule has 1 aliphatic heterocycles. The summed E-state index contributed by atoms with van der Waals surface area (Å²) in [7, 11) is 3.68. The van der Waals surface area contributed by atoms with E-state index in [1.54, 1.807) is 9.80 Å². The molecule has 0 atom stereocenters. The highest BCUT2D eigenvalue weighted by atomic mass is 16.2. The SMILES string of the molecule is CC.CC.CCCN(C)C(=O)CC.CN1C(=O)CCc2ccccc21. The number of fused-ring (bicyclic) bond motifs is 1. The molecule has 2 rings (SSSR count). The Bertz CT molecular complexity index is 487. The molecule has 0 aliphatic carbocycles. The van der Waals surface area contributed by atoms with Crippen LogP contribution in [0.4, 0.5) is 5.69 Å². The molecule has 4 heteroatoms. The van der Waals surface area contributed by atoms with Crippen LogP contribution >= 0.6 is 0 Å². The summed E-state index contributed by atoms with van der Waals surface area (Å²) in [6, 6.07) is 8.06. The van der Waals surface area contributed by atoms with Crippen LogP contribution in [0.5, 0.6) is 0 Å². The van der Waals surface area contributed by atoms with E-state index in [-0.39, 0.29) is 11.8 Å². The van der Waals surface area contributed by atoms with Gasteiger partial charge in [-0.05, 0) is 24.5 Å². The molecule has 1 aliphatic rings.